The number of ether oxygens (including phenoxy) is 2. The fourth-order valence-corrected chi connectivity index (χ4v) is 5.25. The number of primary amides is 1. The number of nitrogen functional groups attached to an aromatic ring is 1. The van der Waals surface area contributed by atoms with E-state index in [4.69, 9.17) is 25.9 Å². The number of rotatable bonds is 10. The van der Waals surface area contributed by atoms with Gasteiger partial charge in [0, 0.05) is 46.6 Å². The molecule has 2 heterocycles. The fourth-order valence-electron chi connectivity index (χ4n) is 5.25. The molecular formula is C31H32FN5O4. The number of hydrogen-bond acceptors (Lipinski definition) is 7. The van der Waals surface area contributed by atoms with Crippen LogP contribution in [0.3, 0.4) is 0 Å². The molecule has 0 saturated heterocycles. The standard InChI is InChI=1S/C31H32FN5O4/c1-40-26-11-18(10-19(27(26)33)13-35-21-8-9-21)31(39)36-14-23(16-2-3-16)25-12-22-24(30(34)38)15-41-29(22)28(37-25)17-4-6-20(32)7-5-17/h4-7,10-13,16,21,23-24H,2-3,8-9,14-15,33H2,1H3,(H2,34,38)(H,36,39). The van der Waals surface area contributed by atoms with Gasteiger partial charge in [0.25, 0.3) is 5.91 Å². The molecular weight excluding hydrogens is 525 g/mol. The van der Waals surface area contributed by atoms with Gasteiger partial charge in [0.1, 0.15) is 35.5 Å². The van der Waals surface area contributed by atoms with Crippen LogP contribution >= 0.6 is 0 Å². The SMILES string of the molecule is COc1cc(C(=O)NCC(c2cc3c(c(-c4ccc(F)cc4)n2)OCC3C(N)=O)C2CC2)cc(C=NC2CC2)c1N. The number of carbonyl (C=O) groups is 2. The van der Waals surface area contributed by atoms with Crippen LogP contribution in [0.1, 0.15) is 64.7 Å². The van der Waals surface area contributed by atoms with Gasteiger partial charge >= 0.3 is 0 Å². The van der Waals surface area contributed by atoms with E-state index in [1.54, 1.807) is 30.5 Å². The summed E-state index contributed by atoms with van der Waals surface area (Å²) in [6.45, 7) is 0.457. The molecule has 212 valence electrons. The highest BCUT2D eigenvalue weighted by atomic mass is 19.1. The summed E-state index contributed by atoms with van der Waals surface area (Å²) in [6, 6.07) is 11.5. The Morgan fingerprint density at radius 3 is 2.61 bits per heavy atom. The highest BCUT2D eigenvalue weighted by Gasteiger charge is 2.38. The number of nitrogens with zero attached hydrogens (tertiary/aromatic N) is 2. The van der Waals surface area contributed by atoms with Gasteiger partial charge in [0.05, 0.1) is 18.8 Å². The molecule has 2 aromatic carbocycles. The number of aromatic nitrogens is 1. The van der Waals surface area contributed by atoms with E-state index in [9.17, 15) is 14.0 Å². The topological polar surface area (TPSA) is 142 Å². The Morgan fingerprint density at radius 2 is 1.95 bits per heavy atom. The Morgan fingerprint density at radius 1 is 1.20 bits per heavy atom. The molecule has 1 aromatic heterocycles. The number of carbonyl (C=O) groups excluding carboxylic acids is 2. The summed E-state index contributed by atoms with van der Waals surface area (Å²) in [4.78, 5) is 35.1. The van der Waals surface area contributed by atoms with Crippen LogP contribution in [0, 0.1) is 11.7 Å². The molecule has 2 amide bonds. The van der Waals surface area contributed by atoms with Crippen LogP contribution in [0.5, 0.6) is 11.5 Å². The van der Waals surface area contributed by atoms with Crippen LogP contribution in [0.2, 0.25) is 0 Å². The number of pyridine rings is 1. The summed E-state index contributed by atoms with van der Waals surface area (Å²) < 4.78 is 25.0. The number of aliphatic imine (C=N–C) groups is 1. The van der Waals surface area contributed by atoms with E-state index in [2.05, 4.69) is 10.3 Å². The predicted molar refractivity (Wildman–Crippen MR) is 153 cm³/mol. The second kappa shape index (κ2) is 10.8. The summed E-state index contributed by atoms with van der Waals surface area (Å²) in [6.07, 6.45) is 5.82. The minimum absolute atomic E-state index is 0.107. The van der Waals surface area contributed by atoms with E-state index < -0.39 is 11.8 Å². The Kier molecular flexibility index (Phi) is 7.07. The molecule has 3 aromatic rings. The van der Waals surface area contributed by atoms with Gasteiger partial charge in [-0.25, -0.2) is 9.37 Å². The van der Waals surface area contributed by atoms with Crippen molar-refractivity contribution in [2.24, 2.45) is 16.6 Å². The quantitative estimate of drug-likeness (QED) is 0.255. The van der Waals surface area contributed by atoms with Crippen molar-refractivity contribution in [3.63, 3.8) is 0 Å². The molecule has 2 fully saturated rings. The van der Waals surface area contributed by atoms with E-state index in [-0.39, 0.29) is 24.2 Å². The molecule has 10 heteroatoms. The average Bonchev–Trinajstić information content (AvgIpc) is 3.91. The molecule has 41 heavy (non-hydrogen) atoms. The maximum Gasteiger partial charge on any atom is 0.251 e. The Labute approximate surface area is 237 Å². The Bertz CT molecular complexity index is 1530. The maximum atomic E-state index is 13.7. The molecule has 0 bridgehead atoms. The van der Waals surface area contributed by atoms with Crippen LogP contribution in [-0.2, 0) is 4.79 Å². The zero-order chi connectivity index (χ0) is 28.7. The van der Waals surface area contributed by atoms with Crippen molar-refractivity contribution >= 4 is 23.7 Å². The van der Waals surface area contributed by atoms with Gasteiger partial charge in [0.2, 0.25) is 5.91 Å². The fraction of sp³-hybridized carbons (Fsp3) is 0.355. The van der Waals surface area contributed by atoms with Gasteiger partial charge in [0.15, 0.2) is 0 Å². The van der Waals surface area contributed by atoms with Gasteiger partial charge in [-0.3, -0.25) is 14.6 Å². The molecule has 2 atom stereocenters. The van der Waals surface area contributed by atoms with E-state index in [0.29, 0.717) is 63.6 Å². The molecule has 3 aliphatic rings. The summed E-state index contributed by atoms with van der Waals surface area (Å²) in [5.41, 5.74) is 16.0. The highest BCUT2D eigenvalue weighted by Crippen LogP contribution is 2.46. The first kappa shape index (κ1) is 26.7. The van der Waals surface area contributed by atoms with Crippen molar-refractivity contribution in [2.45, 2.75) is 43.6 Å². The second-order valence-electron chi connectivity index (χ2n) is 10.9. The van der Waals surface area contributed by atoms with Gasteiger partial charge < -0.3 is 26.3 Å². The lowest BCUT2D eigenvalue weighted by atomic mass is 9.92. The molecule has 1 aliphatic heterocycles. The maximum absolute atomic E-state index is 13.7. The van der Waals surface area contributed by atoms with Gasteiger partial charge in [-0.1, -0.05) is 0 Å². The number of methoxy groups -OCH3 is 1. The van der Waals surface area contributed by atoms with Crippen molar-refractivity contribution in [1.29, 1.82) is 0 Å². The van der Waals surface area contributed by atoms with E-state index >= 15 is 0 Å². The van der Waals surface area contributed by atoms with E-state index in [0.717, 1.165) is 31.4 Å². The molecule has 2 saturated carbocycles. The lowest BCUT2D eigenvalue weighted by Gasteiger charge is -2.20. The molecule has 0 spiro atoms. The van der Waals surface area contributed by atoms with Crippen LogP contribution in [0.15, 0.2) is 47.5 Å². The number of amides is 2. The monoisotopic (exact) mass is 557 g/mol. The third-order valence-electron chi connectivity index (χ3n) is 7.93. The molecule has 2 aliphatic carbocycles. The third-order valence-corrected chi connectivity index (χ3v) is 7.93. The minimum Gasteiger partial charge on any atom is -0.495 e. The van der Waals surface area contributed by atoms with E-state index in [1.165, 1.54) is 19.2 Å². The zero-order valence-corrected chi connectivity index (χ0v) is 22.7. The molecule has 6 rings (SSSR count). The first-order valence-corrected chi connectivity index (χ1v) is 13.8. The summed E-state index contributed by atoms with van der Waals surface area (Å²) >= 11 is 0. The molecule has 2 unspecified atom stereocenters. The van der Waals surface area contributed by atoms with Crippen molar-refractivity contribution in [2.75, 3.05) is 26.0 Å². The van der Waals surface area contributed by atoms with Gasteiger partial charge in [-0.15, -0.1) is 0 Å². The smallest absolute Gasteiger partial charge is 0.251 e. The van der Waals surface area contributed by atoms with Crippen molar-refractivity contribution in [3.05, 3.63) is 70.7 Å². The largest absolute Gasteiger partial charge is 0.495 e. The number of fused-ring (bicyclic) bond motifs is 1. The number of benzene rings is 2. The van der Waals surface area contributed by atoms with E-state index in [1.807, 2.05) is 6.07 Å². The molecule has 9 nitrogen and oxygen atoms in total. The normalized spacial score (nSPS) is 18.5. The average molecular weight is 558 g/mol. The van der Waals surface area contributed by atoms with Crippen LogP contribution in [-0.4, -0.2) is 49.3 Å². The van der Waals surface area contributed by atoms with Crippen LogP contribution in [0.4, 0.5) is 10.1 Å². The number of nitrogens with two attached hydrogens (primary N) is 2. The number of anilines is 1. The number of nitrogens with one attached hydrogen (secondary N) is 1. The Hall–Kier alpha value is -4.47. The number of hydrogen-bond donors (Lipinski definition) is 3. The summed E-state index contributed by atoms with van der Waals surface area (Å²) in [7, 11) is 1.51. The van der Waals surface area contributed by atoms with Crippen molar-refractivity contribution in [1.82, 2.24) is 10.3 Å². The van der Waals surface area contributed by atoms with Crippen molar-refractivity contribution < 1.29 is 23.5 Å². The summed E-state index contributed by atoms with van der Waals surface area (Å²) in [5.74, 6) is -0.625. The first-order valence-electron chi connectivity index (χ1n) is 13.8. The highest BCUT2D eigenvalue weighted by molar-refractivity contribution is 5.99. The Balaban J connectivity index is 1.30. The molecule has 5 N–H and O–H groups in total. The van der Waals surface area contributed by atoms with Gasteiger partial charge in [-0.05, 0) is 74.1 Å². The van der Waals surface area contributed by atoms with Crippen LogP contribution in [0.25, 0.3) is 11.3 Å². The number of halogens is 1. The van der Waals surface area contributed by atoms with Gasteiger partial charge in [-0.2, -0.15) is 0 Å². The minimum atomic E-state index is -0.613. The van der Waals surface area contributed by atoms with Crippen LogP contribution < -0.4 is 26.3 Å². The lowest BCUT2D eigenvalue weighted by molar-refractivity contribution is -0.119. The predicted octanol–water partition coefficient (Wildman–Crippen LogP) is 3.94. The molecule has 0 radical (unpaired) electrons. The summed E-state index contributed by atoms with van der Waals surface area (Å²) in [5, 5.41) is 3.07. The lowest BCUT2D eigenvalue weighted by Crippen LogP contribution is -2.30. The zero-order valence-electron chi connectivity index (χ0n) is 22.7. The first-order chi connectivity index (χ1) is 19.8. The van der Waals surface area contributed by atoms with Crippen molar-refractivity contribution in [3.8, 4) is 22.8 Å². The third kappa shape index (κ3) is 5.59. The second-order valence-corrected chi connectivity index (χ2v) is 10.9.